The van der Waals surface area contributed by atoms with Gasteiger partial charge >= 0.3 is 0 Å². The third-order valence-electron chi connectivity index (χ3n) is 9.19. The quantitative estimate of drug-likeness (QED) is 0.132. The van der Waals surface area contributed by atoms with Gasteiger partial charge in [-0.25, -0.2) is 0 Å². The van der Waals surface area contributed by atoms with E-state index in [9.17, 15) is 19.2 Å². The van der Waals surface area contributed by atoms with Crippen molar-refractivity contribution in [2.24, 2.45) is 0 Å². The molecular weight excluding hydrogens is 628 g/mol. The molecule has 0 spiro atoms. The van der Waals surface area contributed by atoms with Gasteiger partial charge in [-0.15, -0.1) is 0 Å². The van der Waals surface area contributed by atoms with Gasteiger partial charge in [-0.1, -0.05) is 60.7 Å². The SMILES string of the molecule is Nc1cccc(CC(=O)N2CCC[C@H]2C(=O)Nc2ccc(/C=C/c3ccc(NC(=O)[C@@H]4CCCN4C(=O)Cc4cccc(N)c4)cc3)cc2)c1. The number of amides is 4. The lowest BCUT2D eigenvalue weighted by molar-refractivity contribution is -0.136. The molecule has 0 bridgehead atoms. The first-order chi connectivity index (χ1) is 24.2. The van der Waals surface area contributed by atoms with Gasteiger partial charge in [-0.05, 0) is 96.5 Å². The van der Waals surface area contributed by atoms with E-state index in [-0.39, 0.29) is 36.5 Å². The number of nitrogens with one attached hydrogen (secondary N) is 2. The molecule has 4 amide bonds. The molecule has 50 heavy (non-hydrogen) atoms. The number of nitrogen functional groups attached to an aromatic ring is 2. The molecule has 10 nitrogen and oxygen atoms in total. The fourth-order valence-corrected chi connectivity index (χ4v) is 6.63. The molecule has 256 valence electrons. The molecule has 0 aromatic heterocycles. The number of likely N-dealkylation sites (tertiary alicyclic amines) is 2. The first kappa shape index (κ1) is 34.0. The summed E-state index contributed by atoms with van der Waals surface area (Å²) in [6.07, 6.45) is 7.17. The topological polar surface area (TPSA) is 151 Å². The van der Waals surface area contributed by atoms with Crippen molar-refractivity contribution < 1.29 is 19.2 Å². The molecule has 2 aliphatic heterocycles. The zero-order chi connectivity index (χ0) is 35.0. The van der Waals surface area contributed by atoms with Gasteiger partial charge in [-0.2, -0.15) is 0 Å². The van der Waals surface area contributed by atoms with Crippen molar-refractivity contribution in [2.75, 3.05) is 35.2 Å². The highest BCUT2D eigenvalue weighted by Gasteiger charge is 2.35. The van der Waals surface area contributed by atoms with Crippen LogP contribution in [0.2, 0.25) is 0 Å². The van der Waals surface area contributed by atoms with E-state index in [1.54, 1.807) is 34.1 Å². The lowest BCUT2D eigenvalue weighted by Crippen LogP contribution is -2.43. The Morgan fingerprint density at radius 3 is 1.38 bits per heavy atom. The van der Waals surface area contributed by atoms with Crippen molar-refractivity contribution >= 4 is 58.5 Å². The Balaban J connectivity index is 0.985. The molecule has 6 N–H and O–H groups in total. The average Bonchev–Trinajstić information content (AvgIpc) is 3.80. The summed E-state index contributed by atoms with van der Waals surface area (Å²) in [5, 5.41) is 5.94. The molecule has 6 rings (SSSR count). The monoisotopic (exact) mass is 670 g/mol. The van der Waals surface area contributed by atoms with Crippen molar-refractivity contribution in [3.63, 3.8) is 0 Å². The van der Waals surface area contributed by atoms with Crippen LogP contribution in [0.1, 0.15) is 47.9 Å². The Morgan fingerprint density at radius 2 is 1.00 bits per heavy atom. The smallest absolute Gasteiger partial charge is 0.247 e. The summed E-state index contributed by atoms with van der Waals surface area (Å²) < 4.78 is 0. The first-order valence-corrected chi connectivity index (χ1v) is 17.0. The second kappa shape index (κ2) is 15.5. The largest absolute Gasteiger partial charge is 0.399 e. The summed E-state index contributed by atoms with van der Waals surface area (Å²) >= 11 is 0. The third-order valence-corrected chi connectivity index (χ3v) is 9.19. The number of benzene rings is 4. The normalized spacial score (nSPS) is 17.2. The number of anilines is 4. The molecule has 0 unspecified atom stereocenters. The van der Waals surface area contributed by atoms with Gasteiger partial charge in [0.2, 0.25) is 23.6 Å². The summed E-state index contributed by atoms with van der Waals surface area (Å²) in [7, 11) is 0. The third kappa shape index (κ3) is 8.57. The zero-order valence-corrected chi connectivity index (χ0v) is 27.9. The van der Waals surface area contributed by atoms with Crippen LogP contribution in [0.3, 0.4) is 0 Å². The maximum atomic E-state index is 13.1. The molecule has 0 radical (unpaired) electrons. The highest BCUT2D eigenvalue weighted by Crippen LogP contribution is 2.24. The van der Waals surface area contributed by atoms with Gasteiger partial charge in [0.05, 0.1) is 12.8 Å². The van der Waals surface area contributed by atoms with E-state index in [1.807, 2.05) is 84.9 Å². The Kier molecular flexibility index (Phi) is 10.6. The van der Waals surface area contributed by atoms with E-state index in [2.05, 4.69) is 10.6 Å². The molecule has 2 aliphatic rings. The van der Waals surface area contributed by atoms with Gasteiger partial charge in [0, 0.05) is 35.8 Å². The predicted molar refractivity (Wildman–Crippen MR) is 198 cm³/mol. The lowest BCUT2D eigenvalue weighted by Gasteiger charge is -2.24. The maximum absolute atomic E-state index is 13.1. The number of hydrogen-bond acceptors (Lipinski definition) is 6. The fourth-order valence-electron chi connectivity index (χ4n) is 6.63. The van der Waals surface area contributed by atoms with Crippen LogP contribution in [0.25, 0.3) is 12.2 Å². The van der Waals surface area contributed by atoms with E-state index < -0.39 is 12.1 Å². The molecule has 0 aliphatic carbocycles. The molecule has 4 aromatic rings. The van der Waals surface area contributed by atoms with Gasteiger partial charge in [-0.3, -0.25) is 19.2 Å². The molecule has 2 fully saturated rings. The van der Waals surface area contributed by atoms with Crippen molar-refractivity contribution in [3.8, 4) is 0 Å². The minimum atomic E-state index is -0.504. The van der Waals surface area contributed by atoms with E-state index >= 15 is 0 Å². The van der Waals surface area contributed by atoms with Crippen LogP contribution in [-0.4, -0.2) is 58.6 Å². The second-order valence-electron chi connectivity index (χ2n) is 12.9. The minimum absolute atomic E-state index is 0.0813. The standard InChI is InChI=1S/C40H42N6O4/c41-31-7-1-5-29(23-31)25-37(47)45-21-3-9-35(45)39(49)43-33-17-13-27(14-18-33)11-12-28-15-19-34(20-16-28)44-40(50)36-10-4-22-46(36)38(48)26-30-6-2-8-32(42)24-30/h1-2,5-8,11-20,23-24,35-36H,3-4,9-10,21-22,25-26,41-42H2,(H,43,49)(H,44,50)/b12-11+/t35-,36-/m0/s1. The fraction of sp³-hybridized carbons (Fsp3) is 0.250. The maximum Gasteiger partial charge on any atom is 0.247 e. The van der Waals surface area contributed by atoms with Crippen LogP contribution < -0.4 is 22.1 Å². The number of rotatable bonds is 10. The van der Waals surface area contributed by atoms with Crippen LogP contribution >= 0.6 is 0 Å². The van der Waals surface area contributed by atoms with E-state index in [0.29, 0.717) is 48.7 Å². The Morgan fingerprint density at radius 1 is 0.600 bits per heavy atom. The highest BCUT2D eigenvalue weighted by molar-refractivity contribution is 5.99. The summed E-state index contributed by atoms with van der Waals surface area (Å²) in [5.74, 6) is -0.544. The van der Waals surface area contributed by atoms with Gasteiger partial charge in [0.25, 0.3) is 0 Å². The minimum Gasteiger partial charge on any atom is -0.399 e. The van der Waals surface area contributed by atoms with E-state index in [4.69, 9.17) is 11.5 Å². The Labute approximate surface area is 292 Å². The highest BCUT2D eigenvalue weighted by atomic mass is 16.2. The Bertz CT molecular complexity index is 1750. The molecule has 2 atom stereocenters. The van der Waals surface area contributed by atoms with E-state index in [0.717, 1.165) is 35.1 Å². The predicted octanol–water partition coefficient (Wildman–Crippen LogP) is 5.37. The Hall–Kier alpha value is -5.90. The second-order valence-corrected chi connectivity index (χ2v) is 12.9. The van der Waals surface area contributed by atoms with Crippen molar-refractivity contribution in [2.45, 2.75) is 50.6 Å². The molecular formula is C40H42N6O4. The average molecular weight is 671 g/mol. The number of hydrogen-bond donors (Lipinski definition) is 4. The van der Waals surface area contributed by atoms with Crippen LogP contribution in [0.4, 0.5) is 22.7 Å². The van der Waals surface area contributed by atoms with Crippen LogP contribution in [0.15, 0.2) is 97.1 Å². The summed E-state index contributed by atoms with van der Waals surface area (Å²) in [4.78, 5) is 55.6. The molecule has 0 saturated carbocycles. The summed E-state index contributed by atoms with van der Waals surface area (Å²) in [6, 6.07) is 28.6. The number of nitrogens with zero attached hydrogens (tertiary/aromatic N) is 2. The number of carbonyl (C=O) groups is 4. The molecule has 4 aromatic carbocycles. The number of carbonyl (C=O) groups excluding carboxylic acids is 4. The molecule has 10 heteroatoms. The summed E-state index contributed by atoms with van der Waals surface area (Å²) in [6.45, 7) is 1.12. The van der Waals surface area contributed by atoms with E-state index in [1.165, 1.54) is 0 Å². The van der Waals surface area contributed by atoms with Crippen LogP contribution in [0.5, 0.6) is 0 Å². The first-order valence-electron chi connectivity index (χ1n) is 17.0. The lowest BCUT2D eigenvalue weighted by atomic mass is 10.1. The van der Waals surface area contributed by atoms with Crippen molar-refractivity contribution in [3.05, 3.63) is 119 Å². The van der Waals surface area contributed by atoms with Gasteiger partial charge in [0.15, 0.2) is 0 Å². The number of nitrogens with two attached hydrogens (primary N) is 2. The van der Waals surface area contributed by atoms with Crippen LogP contribution in [-0.2, 0) is 32.0 Å². The van der Waals surface area contributed by atoms with Crippen LogP contribution in [0, 0.1) is 0 Å². The van der Waals surface area contributed by atoms with Gasteiger partial charge in [0.1, 0.15) is 12.1 Å². The van der Waals surface area contributed by atoms with Gasteiger partial charge < -0.3 is 31.9 Å². The molecule has 2 heterocycles. The van der Waals surface area contributed by atoms with Crippen molar-refractivity contribution in [1.29, 1.82) is 0 Å². The summed E-state index contributed by atoms with van der Waals surface area (Å²) in [5.41, 5.74) is 17.8. The zero-order valence-electron chi connectivity index (χ0n) is 27.9. The molecule has 2 saturated heterocycles. The van der Waals surface area contributed by atoms with Crippen molar-refractivity contribution in [1.82, 2.24) is 9.80 Å².